The quantitative estimate of drug-likeness (QED) is 0.457. The van der Waals surface area contributed by atoms with E-state index in [2.05, 4.69) is 10.0 Å². The minimum absolute atomic E-state index is 0.149. The molecule has 1 saturated heterocycles. The number of hydrogen-bond acceptors (Lipinski definition) is 4. The summed E-state index contributed by atoms with van der Waals surface area (Å²) in [7, 11) is 0. The Morgan fingerprint density at radius 1 is 1.48 bits per heavy atom. The average molecular weight is 316 g/mol. The molecule has 0 spiro atoms. The minimum atomic E-state index is -0.895. The molecule has 0 saturated carbocycles. The molecule has 23 heavy (non-hydrogen) atoms. The fourth-order valence-corrected chi connectivity index (χ4v) is 2.59. The number of azide groups is 1. The largest absolute Gasteiger partial charge is 0.447 e. The summed E-state index contributed by atoms with van der Waals surface area (Å²) in [6.45, 7) is 3.88. The van der Waals surface area contributed by atoms with Crippen molar-refractivity contribution >= 4 is 12.0 Å². The van der Waals surface area contributed by atoms with E-state index in [4.69, 9.17) is 10.3 Å². The lowest BCUT2D eigenvalue weighted by atomic mass is 9.97. The SMILES string of the molecule is CCC(C)C(N=[N+]=[N-])C(=O)N1C(=O)OCC1Cc1ccccc1. The number of ether oxygens (including phenoxy) is 1. The third-order valence-corrected chi connectivity index (χ3v) is 4.12. The van der Waals surface area contributed by atoms with Crippen molar-refractivity contribution in [3.8, 4) is 0 Å². The second kappa shape index (κ2) is 7.65. The maximum Gasteiger partial charge on any atom is 0.416 e. The molecule has 1 heterocycles. The van der Waals surface area contributed by atoms with Crippen LogP contribution in [0.3, 0.4) is 0 Å². The van der Waals surface area contributed by atoms with Crippen LogP contribution in [-0.4, -0.2) is 35.6 Å². The Balaban J connectivity index is 2.21. The zero-order valence-electron chi connectivity index (χ0n) is 13.3. The van der Waals surface area contributed by atoms with Crippen LogP contribution in [-0.2, 0) is 16.0 Å². The van der Waals surface area contributed by atoms with Gasteiger partial charge >= 0.3 is 6.09 Å². The lowest BCUT2D eigenvalue weighted by Gasteiger charge is -2.25. The van der Waals surface area contributed by atoms with Gasteiger partial charge in [-0.25, -0.2) is 9.69 Å². The smallest absolute Gasteiger partial charge is 0.416 e. The molecule has 2 rings (SSSR count). The highest BCUT2D eigenvalue weighted by molar-refractivity contribution is 5.96. The van der Waals surface area contributed by atoms with Gasteiger partial charge < -0.3 is 4.74 Å². The Labute approximate surface area is 134 Å². The zero-order chi connectivity index (χ0) is 16.8. The Kier molecular flexibility index (Phi) is 5.60. The van der Waals surface area contributed by atoms with E-state index in [1.54, 1.807) is 0 Å². The highest BCUT2D eigenvalue weighted by Crippen LogP contribution is 2.22. The molecule has 1 aromatic carbocycles. The lowest BCUT2D eigenvalue weighted by molar-refractivity contribution is -0.131. The third-order valence-electron chi connectivity index (χ3n) is 4.12. The van der Waals surface area contributed by atoms with Crippen LogP contribution >= 0.6 is 0 Å². The molecule has 1 aliphatic heterocycles. The fourth-order valence-electron chi connectivity index (χ4n) is 2.59. The maximum atomic E-state index is 12.7. The van der Waals surface area contributed by atoms with Gasteiger partial charge in [-0.2, -0.15) is 0 Å². The predicted molar refractivity (Wildman–Crippen MR) is 84.5 cm³/mol. The molecular weight excluding hydrogens is 296 g/mol. The number of nitrogens with zero attached hydrogens (tertiary/aromatic N) is 4. The highest BCUT2D eigenvalue weighted by Gasteiger charge is 2.41. The molecule has 0 radical (unpaired) electrons. The summed E-state index contributed by atoms with van der Waals surface area (Å²) in [5, 5.41) is 3.60. The minimum Gasteiger partial charge on any atom is -0.447 e. The van der Waals surface area contributed by atoms with Crippen molar-refractivity contribution in [2.45, 2.75) is 38.8 Å². The molecule has 3 unspecified atom stereocenters. The zero-order valence-corrected chi connectivity index (χ0v) is 13.3. The van der Waals surface area contributed by atoms with Gasteiger partial charge in [0.05, 0.1) is 6.04 Å². The molecule has 1 fully saturated rings. The summed E-state index contributed by atoms with van der Waals surface area (Å²) in [4.78, 5) is 28.6. The number of benzene rings is 1. The van der Waals surface area contributed by atoms with E-state index >= 15 is 0 Å². The van der Waals surface area contributed by atoms with Gasteiger partial charge in [-0.1, -0.05) is 55.7 Å². The number of cyclic esters (lactones) is 1. The number of rotatable bonds is 6. The van der Waals surface area contributed by atoms with Crippen LogP contribution < -0.4 is 0 Å². The van der Waals surface area contributed by atoms with Gasteiger partial charge in [0.15, 0.2) is 0 Å². The second-order valence-corrected chi connectivity index (χ2v) is 5.66. The molecule has 2 amide bonds. The summed E-state index contributed by atoms with van der Waals surface area (Å²) >= 11 is 0. The van der Waals surface area contributed by atoms with Crippen molar-refractivity contribution in [3.63, 3.8) is 0 Å². The number of amides is 2. The molecule has 0 N–H and O–H groups in total. The fraction of sp³-hybridized carbons (Fsp3) is 0.500. The second-order valence-electron chi connectivity index (χ2n) is 5.66. The van der Waals surface area contributed by atoms with E-state index in [0.717, 1.165) is 10.5 Å². The molecule has 1 aliphatic rings. The molecule has 0 aromatic heterocycles. The summed E-state index contributed by atoms with van der Waals surface area (Å²) in [5.74, 6) is -0.634. The van der Waals surface area contributed by atoms with Gasteiger partial charge in [0.2, 0.25) is 5.91 Å². The van der Waals surface area contributed by atoms with Crippen molar-refractivity contribution in [2.24, 2.45) is 11.0 Å². The lowest BCUT2D eigenvalue weighted by Crippen LogP contribution is -2.46. The molecule has 0 aliphatic carbocycles. The van der Waals surface area contributed by atoms with E-state index < -0.39 is 18.0 Å². The molecule has 122 valence electrons. The Bertz CT molecular complexity index is 613. The first-order valence-electron chi connectivity index (χ1n) is 7.66. The van der Waals surface area contributed by atoms with Gasteiger partial charge in [0, 0.05) is 4.91 Å². The summed E-state index contributed by atoms with van der Waals surface area (Å²) in [6.07, 6.45) is 0.515. The molecule has 0 bridgehead atoms. The number of hydrogen-bond donors (Lipinski definition) is 0. The van der Waals surface area contributed by atoms with Crippen molar-refractivity contribution in [1.82, 2.24) is 4.90 Å². The van der Waals surface area contributed by atoms with Gasteiger partial charge in [-0.05, 0) is 23.4 Å². The first-order chi connectivity index (χ1) is 11.1. The van der Waals surface area contributed by atoms with Crippen molar-refractivity contribution < 1.29 is 14.3 Å². The van der Waals surface area contributed by atoms with Gasteiger partial charge in [-0.15, -0.1) is 0 Å². The van der Waals surface area contributed by atoms with E-state index in [1.165, 1.54) is 0 Å². The van der Waals surface area contributed by atoms with Gasteiger partial charge in [-0.3, -0.25) is 4.79 Å². The Morgan fingerprint density at radius 3 is 2.78 bits per heavy atom. The average Bonchev–Trinajstić information content (AvgIpc) is 2.92. The van der Waals surface area contributed by atoms with Crippen LogP contribution in [0.2, 0.25) is 0 Å². The van der Waals surface area contributed by atoms with Gasteiger partial charge in [0.25, 0.3) is 0 Å². The molecule has 7 nitrogen and oxygen atoms in total. The van der Waals surface area contributed by atoms with Crippen LogP contribution in [0.15, 0.2) is 35.4 Å². The molecule has 1 aromatic rings. The van der Waals surface area contributed by atoms with Crippen molar-refractivity contribution in [1.29, 1.82) is 0 Å². The van der Waals surface area contributed by atoms with Crippen LogP contribution in [0.4, 0.5) is 4.79 Å². The molecular formula is C16H20N4O3. The third kappa shape index (κ3) is 3.81. The predicted octanol–water partition coefficient (Wildman–Crippen LogP) is 3.30. The van der Waals surface area contributed by atoms with Crippen LogP contribution in [0.25, 0.3) is 10.4 Å². The van der Waals surface area contributed by atoms with Crippen molar-refractivity contribution in [3.05, 3.63) is 46.3 Å². The first kappa shape index (κ1) is 16.8. The standard InChI is InChI=1S/C16H20N4O3/c1-3-11(2)14(18-19-17)15(21)20-13(10-23-16(20)22)9-12-7-5-4-6-8-12/h4-8,11,13-14H,3,9-10H2,1-2H3. The first-order valence-corrected chi connectivity index (χ1v) is 7.66. The van der Waals surface area contributed by atoms with E-state index in [0.29, 0.717) is 12.8 Å². The highest BCUT2D eigenvalue weighted by atomic mass is 16.6. The molecule has 7 heteroatoms. The van der Waals surface area contributed by atoms with E-state index in [1.807, 2.05) is 44.2 Å². The summed E-state index contributed by atoms with van der Waals surface area (Å²) in [5.41, 5.74) is 9.72. The Hall–Kier alpha value is -2.53. The normalized spacial score (nSPS) is 19.7. The van der Waals surface area contributed by atoms with E-state index in [9.17, 15) is 9.59 Å². The topological polar surface area (TPSA) is 95.4 Å². The van der Waals surface area contributed by atoms with E-state index in [-0.39, 0.29) is 18.6 Å². The molecule has 3 atom stereocenters. The monoisotopic (exact) mass is 316 g/mol. The van der Waals surface area contributed by atoms with Crippen LogP contribution in [0.1, 0.15) is 25.8 Å². The van der Waals surface area contributed by atoms with Crippen molar-refractivity contribution in [2.75, 3.05) is 6.61 Å². The van der Waals surface area contributed by atoms with Gasteiger partial charge in [0.1, 0.15) is 12.6 Å². The Morgan fingerprint density at radius 2 is 2.17 bits per heavy atom. The summed E-state index contributed by atoms with van der Waals surface area (Å²) in [6, 6.07) is 8.31. The number of carbonyl (C=O) groups is 2. The van der Waals surface area contributed by atoms with Crippen LogP contribution in [0, 0.1) is 5.92 Å². The maximum absolute atomic E-state index is 12.7. The number of carbonyl (C=O) groups excluding carboxylic acids is 2. The van der Waals surface area contributed by atoms with Crippen LogP contribution in [0.5, 0.6) is 0 Å². The summed E-state index contributed by atoms with van der Waals surface area (Å²) < 4.78 is 5.04. The number of imide groups is 1.